The molecule has 2 saturated carbocycles. The maximum Gasteiger partial charge on any atom is 0.255 e. The minimum Gasteiger partial charge on any atom is -0.324 e. The van der Waals surface area contributed by atoms with Crippen LogP contribution in [0.5, 0.6) is 0 Å². The summed E-state index contributed by atoms with van der Waals surface area (Å²) in [6.07, 6.45) is 8.42. The van der Waals surface area contributed by atoms with E-state index >= 15 is 0 Å². The van der Waals surface area contributed by atoms with E-state index in [1.807, 2.05) is 0 Å². The molecule has 0 aliphatic heterocycles. The summed E-state index contributed by atoms with van der Waals surface area (Å²) in [4.78, 5) is 25.2. The zero-order valence-corrected chi connectivity index (χ0v) is 36.5. The van der Waals surface area contributed by atoms with Crippen LogP contribution in [-0.2, 0) is 31.9 Å². The molecule has 5 N–H and O–H groups in total. The van der Waals surface area contributed by atoms with Gasteiger partial charge in [-0.2, -0.15) is 0 Å². The van der Waals surface area contributed by atoms with Gasteiger partial charge in [-0.25, -0.2) is 39.1 Å². The molecular formula is C42H43Cl3F4N4O6S2. The molecule has 61 heavy (non-hydrogen) atoms. The van der Waals surface area contributed by atoms with Crippen molar-refractivity contribution in [2.24, 2.45) is 5.73 Å². The molecule has 8 rings (SSSR count). The third-order valence-corrected chi connectivity index (χ3v) is 15.9. The third-order valence-electron chi connectivity index (χ3n) is 11.3. The van der Waals surface area contributed by atoms with Crippen molar-refractivity contribution in [2.75, 3.05) is 10.6 Å². The van der Waals surface area contributed by atoms with Crippen LogP contribution >= 0.6 is 33.9 Å². The standard InChI is InChI=1S/C21H21ClF2N2O3S.C16H13ClF2N2O.C5H9ClO2S/c22-16-11-12(5-8-17(16)23)25-21(27)15-6-9-18(24)20-14(15)7-10-19(20)26-30(28,29)13-3-1-2-4-13;17-11-7-8(1-4-12(11)18)21-16(22)10-2-5-13(19)15-9(10)3-6-14(15)20;6-9(7,8)5-3-1-2-4-5/h5-6,8-9,11,13,19,26H,1-4,7,10H2,(H,25,27);1-2,4-5,7,14H,3,6,20H2,(H,21,22);5H,1-4H2/t19-;14-;/m00./s1. The first-order valence-electron chi connectivity index (χ1n) is 19.7. The van der Waals surface area contributed by atoms with E-state index in [-0.39, 0.29) is 38.3 Å². The zero-order valence-electron chi connectivity index (χ0n) is 32.6. The molecule has 4 aromatic rings. The fourth-order valence-corrected chi connectivity index (χ4v) is 11.8. The van der Waals surface area contributed by atoms with Crippen LogP contribution in [0, 0.1) is 23.3 Å². The van der Waals surface area contributed by atoms with E-state index in [0.29, 0.717) is 72.2 Å². The Kier molecular flexibility index (Phi) is 15.1. The van der Waals surface area contributed by atoms with Crippen LogP contribution < -0.4 is 21.1 Å². The van der Waals surface area contributed by atoms with Crippen LogP contribution in [0.1, 0.15) is 119 Å². The highest BCUT2D eigenvalue weighted by molar-refractivity contribution is 8.14. The summed E-state index contributed by atoms with van der Waals surface area (Å²) < 4.78 is 104. The number of fused-ring (bicyclic) bond motifs is 2. The van der Waals surface area contributed by atoms with E-state index in [2.05, 4.69) is 15.4 Å². The molecule has 10 nitrogen and oxygen atoms in total. The Hall–Kier alpha value is -3.77. The molecule has 0 spiro atoms. The van der Waals surface area contributed by atoms with Crippen molar-refractivity contribution < 1.29 is 44.0 Å². The molecule has 0 saturated heterocycles. The molecular weight excluding hydrogens is 903 g/mol. The average Bonchev–Trinajstić information content (AvgIpc) is 4.04. The SMILES string of the molecule is N[C@H]1CCc2c(C(=O)Nc3ccc(F)c(Cl)c3)ccc(F)c21.O=C(Nc1ccc(F)c(Cl)c1)c1ccc(F)c2c1CC[C@@H]2NS(=O)(=O)C1CCCC1.O=S(=O)(Cl)C1CCCC1. The number of sulfonamides is 1. The zero-order chi connectivity index (χ0) is 44.2. The minimum absolute atomic E-state index is 0.0795. The van der Waals surface area contributed by atoms with Crippen LogP contribution in [0.2, 0.25) is 10.0 Å². The Balaban J connectivity index is 0.000000175. The largest absolute Gasteiger partial charge is 0.324 e. The molecule has 4 aliphatic rings. The molecule has 4 aliphatic carbocycles. The number of nitrogens with two attached hydrogens (primary N) is 1. The number of nitrogens with one attached hydrogen (secondary N) is 3. The van der Waals surface area contributed by atoms with Crippen LogP contribution in [0.15, 0.2) is 60.7 Å². The predicted octanol–water partition coefficient (Wildman–Crippen LogP) is 10.0. The van der Waals surface area contributed by atoms with E-state index in [0.717, 1.165) is 44.6 Å². The van der Waals surface area contributed by atoms with Crippen LogP contribution in [0.4, 0.5) is 28.9 Å². The van der Waals surface area contributed by atoms with Gasteiger partial charge in [-0.05, 0) is 123 Å². The number of carbonyl (C=O) groups is 2. The highest BCUT2D eigenvalue weighted by atomic mass is 35.7. The van der Waals surface area contributed by atoms with Crippen molar-refractivity contribution in [2.45, 2.75) is 99.6 Å². The Morgan fingerprint density at radius 1 is 0.590 bits per heavy atom. The fraction of sp³-hybridized carbons (Fsp3) is 0.381. The Morgan fingerprint density at radius 2 is 1.02 bits per heavy atom. The lowest BCUT2D eigenvalue weighted by atomic mass is 10.0. The fourth-order valence-electron chi connectivity index (χ4n) is 8.22. The first-order chi connectivity index (χ1) is 28.8. The number of hydrogen-bond donors (Lipinski definition) is 4. The molecule has 0 radical (unpaired) electrons. The number of benzene rings is 4. The molecule has 0 aromatic heterocycles. The van der Waals surface area contributed by atoms with Gasteiger partial charge in [-0.15, -0.1) is 0 Å². The van der Waals surface area contributed by atoms with Crippen molar-refractivity contribution in [3.05, 3.63) is 127 Å². The molecule has 2 fully saturated rings. The Morgan fingerprint density at radius 3 is 1.48 bits per heavy atom. The molecule has 328 valence electrons. The summed E-state index contributed by atoms with van der Waals surface area (Å²) in [5.41, 5.74) is 8.94. The van der Waals surface area contributed by atoms with Crippen molar-refractivity contribution in [3.63, 3.8) is 0 Å². The van der Waals surface area contributed by atoms with Crippen LogP contribution in [-0.4, -0.2) is 39.1 Å². The van der Waals surface area contributed by atoms with Gasteiger partial charge >= 0.3 is 0 Å². The number of carbonyl (C=O) groups excluding carboxylic acids is 2. The second-order valence-corrected chi connectivity index (χ2v) is 21.0. The quantitative estimate of drug-likeness (QED) is 0.101. The smallest absolute Gasteiger partial charge is 0.255 e. The molecule has 2 atom stereocenters. The van der Waals surface area contributed by atoms with E-state index in [4.69, 9.17) is 39.6 Å². The number of amides is 2. The summed E-state index contributed by atoms with van der Waals surface area (Å²) in [5, 5.41) is 4.37. The summed E-state index contributed by atoms with van der Waals surface area (Å²) in [6, 6.07) is 11.9. The highest BCUT2D eigenvalue weighted by Gasteiger charge is 2.36. The van der Waals surface area contributed by atoms with Gasteiger partial charge in [0.25, 0.3) is 11.8 Å². The van der Waals surface area contributed by atoms with Crippen molar-refractivity contribution >= 4 is 76.1 Å². The Bertz CT molecular complexity index is 2540. The number of anilines is 2. The van der Waals surface area contributed by atoms with Gasteiger partial charge in [0.15, 0.2) is 0 Å². The van der Waals surface area contributed by atoms with Gasteiger partial charge in [-0.3, -0.25) is 9.59 Å². The van der Waals surface area contributed by atoms with E-state index in [1.54, 1.807) is 0 Å². The lowest BCUT2D eigenvalue weighted by molar-refractivity contribution is 0.101. The van der Waals surface area contributed by atoms with Crippen molar-refractivity contribution in [1.82, 2.24) is 4.72 Å². The lowest BCUT2D eigenvalue weighted by Crippen LogP contribution is -2.35. The van der Waals surface area contributed by atoms with E-state index in [9.17, 15) is 44.0 Å². The second-order valence-electron chi connectivity index (χ2n) is 15.3. The predicted molar refractivity (Wildman–Crippen MR) is 229 cm³/mol. The molecule has 0 unspecified atom stereocenters. The van der Waals surface area contributed by atoms with Gasteiger partial charge in [0.2, 0.25) is 19.1 Å². The first-order valence-corrected chi connectivity index (χ1v) is 24.4. The van der Waals surface area contributed by atoms with Gasteiger partial charge in [0.1, 0.15) is 23.3 Å². The first kappa shape index (κ1) is 46.7. The Labute approximate surface area is 366 Å². The molecule has 0 heterocycles. The maximum absolute atomic E-state index is 14.6. The summed E-state index contributed by atoms with van der Waals surface area (Å²) in [6.45, 7) is 0. The normalized spacial score (nSPS) is 18.7. The topological polar surface area (TPSA) is 165 Å². The highest BCUT2D eigenvalue weighted by Crippen LogP contribution is 2.38. The second kappa shape index (κ2) is 19.7. The minimum atomic E-state index is -3.56. The number of rotatable bonds is 8. The monoisotopic (exact) mass is 944 g/mol. The van der Waals surface area contributed by atoms with E-state index < -0.39 is 59.6 Å². The van der Waals surface area contributed by atoms with Crippen LogP contribution in [0.25, 0.3) is 0 Å². The van der Waals surface area contributed by atoms with Gasteiger partial charge in [-0.1, -0.05) is 48.9 Å². The molecule has 4 aromatic carbocycles. The lowest BCUT2D eigenvalue weighted by Gasteiger charge is -2.19. The van der Waals surface area contributed by atoms with Crippen molar-refractivity contribution in [3.8, 4) is 0 Å². The van der Waals surface area contributed by atoms with E-state index in [1.165, 1.54) is 54.6 Å². The third kappa shape index (κ3) is 11.3. The van der Waals surface area contributed by atoms with Gasteiger partial charge < -0.3 is 16.4 Å². The molecule has 0 bridgehead atoms. The van der Waals surface area contributed by atoms with Crippen LogP contribution in [0.3, 0.4) is 0 Å². The number of halogens is 7. The summed E-state index contributed by atoms with van der Waals surface area (Å²) >= 11 is 11.4. The maximum atomic E-state index is 14.6. The summed E-state index contributed by atoms with van der Waals surface area (Å²) in [7, 11) is -1.68. The number of hydrogen-bond acceptors (Lipinski definition) is 7. The van der Waals surface area contributed by atoms with Gasteiger partial charge in [0, 0.05) is 50.4 Å². The van der Waals surface area contributed by atoms with Gasteiger partial charge in [0.05, 0.1) is 26.6 Å². The summed E-state index contributed by atoms with van der Waals surface area (Å²) in [5.74, 6) is -2.98. The average molecular weight is 946 g/mol. The molecule has 19 heteroatoms. The molecule has 2 amide bonds. The van der Waals surface area contributed by atoms with Crippen molar-refractivity contribution in [1.29, 1.82) is 0 Å².